The second-order valence-corrected chi connectivity index (χ2v) is 5.23. The molecule has 0 rings (SSSR count). The van der Waals surface area contributed by atoms with E-state index in [2.05, 4.69) is 0 Å². The molecule has 0 atom stereocenters. The summed E-state index contributed by atoms with van der Waals surface area (Å²) in [4.78, 5) is 0. The van der Waals surface area contributed by atoms with E-state index in [0.717, 1.165) is 12.8 Å². The summed E-state index contributed by atoms with van der Waals surface area (Å²) in [5, 5.41) is 0. The summed E-state index contributed by atoms with van der Waals surface area (Å²) in [5.41, 5.74) is 0. The average Bonchev–Trinajstić information content (AvgIpc) is 1.80. The number of hydrogen-bond donors (Lipinski definition) is 0. The summed E-state index contributed by atoms with van der Waals surface area (Å²) in [7, 11) is -1.51. The summed E-state index contributed by atoms with van der Waals surface area (Å²) in [6.07, 6.45) is 1.90. The number of halogens is 3. The van der Waals surface area contributed by atoms with Gasteiger partial charge in [-0.3, -0.25) is 0 Å². The first-order valence-electron chi connectivity index (χ1n) is 2.64. The summed E-state index contributed by atoms with van der Waals surface area (Å²) in [5.74, 6) is 0.677. The van der Waals surface area contributed by atoms with Crippen molar-refractivity contribution in [3.8, 4) is 0 Å². The molecule has 9 heavy (non-hydrogen) atoms. The molecule has 0 fully saturated rings. The van der Waals surface area contributed by atoms with Crippen molar-refractivity contribution in [2.45, 2.75) is 12.8 Å². The molecule has 0 aromatic heterocycles. The molecule has 5 heteroatoms. The summed E-state index contributed by atoms with van der Waals surface area (Å²) in [6.45, 7) is 0.633. The molecule has 0 N–H and O–H groups in total. The van der Waals surface area contributed by atoms with Crippen LogP contribution in [-0.4, -0.2) is 20.1 Å². The third-order valence-corrected chi connectivity index (χ3v) is 2.08. The summed E-state index contributed by atoms with van der Waals surface area (Å²) < 4.78 is 4.92. The molecular formula is C4H8Cl3OSi. The lowest BCUT2D eigenvalue weighted by molar-refractivity contribution is 0.331. The summed E-state index contributed by atoms with van der Waals surface area (Å²) >= 11 is 16.1. The molecule has 0 aromatic carbocycles. The maximum absolute atomic E-state index is 5.40. The van der Waals surface area contributed by atoms with E-state index < -0.39 is 7.66 Å². The third kappa shape index (κ3) is 9.05. The molecule has 0 aromatic rings. The Morgan fingerprint density at radius 1 is 1.22 bits per heavy atom. The number of hydrogen-bond acceptors (Lipinski definition) is 1. The molecule has 0 bridgehead atoms. The maximum atomic E-state index is 5.40. The van der Waals surface area contributed by atoms with Gasteiger partial charge in [0.1, 0.15) is 0 Å². The Bertz CT molecular complexity index is 61.8. The smallest absolute Gasteiger partial charge is 0.391 e. The van der Waals surface area contributed by atoms with E-state index in [9.17, 15) is 0 Å². The zero-order valence-corrected chi connectivity index (χ0v) is 8.14. The van der Waals surface area contributed by atoms with Crippen LogP contribution in [0, 0.1) is 0 Å². The fourth-order valence-electron chi connectivity index (χ4n) is 0.346. The zero-order chi connectivity index (χ0) is 7.11. The van der Waals surface area contributed by atoms with Gasteiger partial charge in [0.15, 0.2) is 0 Å². The Kier molecular flexibility index (Phi) is 7.99. The van der Waals surface area contributed by atoms with Gasteiger partial charge in [-0.25, -0.2) is 0 Å². The van der Waals surface area contributed by atoms with E-state index in [-0.39, 0.29) is 0 Å². The van der Waals surface area contributed by atoms with Gasteiger partial charge >= 0.3 is 7.66 Å². The highest BCUT2D eigenvalue weighted by Crippen LogP contribution is 2.00. The predicted octanol–water partition coefficient (Wildman–Crippen LogP) is 2.48. The Hall–Kier alpha value is 1.05. The van der Waals surface area contributed by atoms with Crippen LogP contribution in [0.4, 0.5) is 0 Å². The van der Waals surface area contributed by atoms with Crippen molar-refractivity contribution in [3.05, 3.63) is 0 Å². The van der Waals surface area contributed by atoms with Gasteiger partial charge in [-0.05, 0) is 12.8 Å². The van der Waals surface area contributed by atoms with Crippen molar-refractivity contribution in [2.75, 3.05) is 12.5 Å². The Balaban J connectivity index is 2.75. The van der Waals surface area contributed by atoms with Crippen molar-refractivity contribution >= 4 is 41.4 Å². The molecule has 55 valence electrons. The molecule has 0 aliphatic heterocycles. The first-order valence-corrected chi connectivity index (χ1v) is 6.60. The lowest BCUT2D eigenvalue weighted by atomic mass is 10.4. The van der Waals surface area contributed by atoms with Gasteiger partial charge in [-0.1, -0.05) is 0 Å². The number of unbranched alkanes of at least 4 members (excludes halogenated alkanes) is 1. The quantitative estimate of drug-likeness (QED) is 0.291. The molecule has 0 aliphatic carbocycles. The van der Waals surface area contributed by atoms with Gasteiger partial charge in [0.25, 0.3) is 0 Å². The van der Waals surface area contributed by atoms with Crippen LogP contribution >= 0.6 is 33.8 Å². The topological polar surface area (TPSA) is 9.23 Å². The van der Waals surface area contributed by atoms with Gasteiger partial charge in [0, 0.05) is 12.5 Å². The van der Waals surface area contributed by atoms with Crippen molar-refractivity contribution in [1.29, 1.82) is 0 Å². The minimum absolute atomic E-state index is 0.633. The fraction of sp³-hybridized carbons (Fsp3) is 1.00. The second-order valence-electron chi connectivity index (χ2n) is 1.47. The van der Waals surface area contributed by atoms with Crippen LogP contribution in [0.1, 0.15) is 12.8 Å². The van der Waals surface area contributed by atoms with Crippen molar-refractivity contribution < 1.29 is 4.43 Å². The molecule has 0 saturated carbocycles. The molecular weight excluding hydrogens is 198 g/mol. The minimum atomic E-state index is -1.51. The van der Waals surface area contributed by atoms with Gasteiger partial charge in [0.2, 0.25) is 0 Å². The molecule has 1 radical (unpaired) electrons. The van der Waals surface area contributed by atoms with Gasteiger partial charge in [0.05, 0.1) is 0 Å². The van der Waals surface area contributed by atoms with Crippen molar-refractivity contribution in [3.63, 3.8) is 0 Å². The molecule has 0 aliphatic rings. The summed E-state index contributed by atoms with van der Waals surface area (Å²) in [6, 6.07) is 0. The third-order valence-electron chi connectivity index (χ3n) is 0.739. The highest BCUT2D eigenvalue weighted by Gasteiger charge is 2.02. The Morgan fingerprint density at radius 2 is 1.89 bits per heavy atom. The van der Waals surface area contributed by atoms with Crippen LogP contribution in [-0.2, 0) is 4.43 Å². The molecule has 0 heterocycles. The molecule has 1 nitrogen and oxygen atoms in total. The van der Waals surface area contributed by atoms with Crippen molar-refractivity contribution in [2.24, 2.45) is 0 Å². The molecule has 0 saturated heterocycles. The van der Waals surface area contributed by atoms with Crippen LogP contribution in [0.3, 0.4) is 0 Å². The highest BCUT2D eigenvalue weighted by atomic mass is 35.7. The molecule has 0 spiro atoms. The second kappa shape index (κ2) is 7.16. The highest BCUT2D eigenvalue weighted by molar-refractivity contribution is 7.30. The van der Waals surface area contributed by atoms with Gasteiger partial charge < -0.3 is 4.43 Å². The molecule has 0 unspecified atom stereocenters. The number of rotatable bonds is 5. The van der Waals surface area contributed by atoms with Crippen LogP contribution in [0.25, 0.3) is 0 Å². The number of alkyl halides is 1. The average molecular weight is 207 g/mol. The van der Waals surface area contributed by atoms with E-state index in [4.69, 9.17) is 38.2 Å². The van der Waals surface area contributed by atoms with Gasteiger partial charge in [-0.2, -0.15) is 0 Å². The Morgan fingerprint density at radius 3 is 2.33 bits per heavy atom. The Labute approximate surface area is 71.4 Å². The van der Waals surface area contributed by atoms with E-state index in [1.54, 1.807) is 0 Å². The standard InChI is InChI=1S/C4H8Cl3OSi/c5-3-1-2-4-8-9(6)7/h1-4H2. The zero-order valence-electron chi connectivity index (χ0n) is 4.87. The largest absolute Gasteiger partial charge is 0.438 e. The first kappa shape index (κ1) is 10.0. The predicted molar refractivity (Wildman–Crippen MR) is 43.4 cm³/mol. The van der Waals surface area contributed by atoms with Crippen LogP contribution in [0.15, 0.2) is 0 Å². The minimum Gasteiger partial charge on any atom is -0.391 e. The van der Waals surface area contributed by atoms with E-state index in [1.807, 2.05) is 0 Å². The SMILES string of the molecule is ClCCCCO[Si](Cl)Cl. The first-order chi connectivity index (χ1) is 4.27. The van der Waals surface area contributed by atoms with E-state index >= 15 is 0 Å². The van der Waals surface area contributed by atoms with E-state index in [0.29, 0.717) is 12.5 Å². The van der Waals surface area contributed by atoms with Crippen LogP contribution in [0.5, 0.6) is 0 Å². The lowest BCUT2D eigenvalue weighted by Crippen LogP contribution is -2.03. The van der Waals surface area contributed by atoms with Gasteiger partial charge in [-0.15, -0.1) is 33.8 Å². The fourth-order valence-corrected chi connectivity index (χ4v) is 1.30. The molecule has 0 amide bonds. The monoisotopic (exact) mass is 205 g/mol. The van der Waals surface area contributed by atoms with Crippen molar-refractivity contribution in [1.82, 2.24) is 0 Å². The lowest BCUT2D eigenvalue weighted by Gasteiger charge is -1.98. The normalized spacial score (nSPS) is 10.7. The van der Waals surface area contributed by atoms with Crippen LogP contribution < -0.4 is 0 Å². The van der Waals surface area contributed by atoms with E-state index in [1.165, 1.54) is 0 Å². The van der Waals surface area contributed by atoms with Crippen LogP contribution in [0.2, 0.25) is 0 Å². The maximum Gasteiger partial charge on any atom is 0.438 e.